The summed E-state index contributed by atoms with van der Waals surface area (Å²) in [5.74, 6) is -0.443. The fourth-order valence-corrected chi connectivity index (χ4v) is 3.82. The van der Waals surface area contributed by atoms with Crippen LogP contribution in [0, 0.1) is 0 Å². The van der Waals surface area contributed by atoms with Gasteiger partial charge in [-0.3, -0.25) is 0 Å². The number of sulfonamides is 1. The molecule has 0 aromatic heterocycles. The van der Waals surface area contributed by atoms with Gasteiger partial charge in [0.05, 0.1) is 23.8 Å². The molecular formula is C16H17N3O5S. The lowest BCUT2D eigenvalue weighted by atomic mass is 10.3. The molecule has 0 aliphatic carbocycles. The minimum Gasteiger partial charge on any atom is -0.505 e. The predicted molar refractivity (Wildman–Crippen MR) is 90.0 cm³/mol. The zero-order valence-electron chi connectivity index (χ0n) is 13.2. The van der Waals surface area contributed by atoms with E-state index in [9.17, 15) is 18.6 Å². The van der Waals surface area contributed by atoms with E-state index in [1.54, 1.807) is 12.1 Å². The van der Waals surface area contributed by atoms with Crippen molar-refractivity contribution in [3.8, 4) is 11.5 Å². The first-order valence-electron chi connectivity index (χ1n) is 7.59. The van der Waals surface area contributed by atoms with Crippen LogP contribution >= 0.6 is 0 Å². The Kier molecular flexibility index (Phi) is 4.98. The van der Waals surface area contributed by atoms with Crippen molar-refractivity contribution in [3.05, 3.63) is 42.5 Å². The van der Waals surface area contributed by atoms with Crippen LogP contribution in [0.3, 0.4) is 0 Å². The fourth-order valence-electron chi connectivity index (χ4n) is 2.37. The quantitative estimate of drug-likeness (QED) is 0.811. The Labute approximate surface area is 145 Å². The number of hydrogen-bond donors (Lipinski definition) is 2. The Morgan fingerprint density at radius 2 is 1.60 bits per heavy atom. The molecule has 9 heteroatoms. The second kappa shape index (κ2) is 7.18. The number of aromatic hydroxyl groups is 2. The Morgan fingerprint density at radius 3 is 2.28 bits per heavy atom. The van der Waals surface area contributed by atoms with Crippen LogP contribution in [0.5, 0.6) is 11.5 Å². The molecule has 2 aromatic rings. The molecule has 2 aromatic carbocycles. The maximum absolute atomic E-state index is 12.6. The maximum atomic E-state index is 12.6. The van der Waals surface area contributed by atoms with Gasteiger partial charge in [0.25, 0.3) is 0 Å². The molecule has 0 amide bonds. The van der Waals surface area contributed by atoms with Gasteiger partial charge in [0, 0.05) is 13.1 Å². The standard InChI is InChI=1S/C16H17N3O5S/c20-14-5-2-6-15(21)16(14)18-17-12-3-1-4-13(11-12)25(22,23)19-7-9-24-10-8-19/h1-6,11,20-21H,7-10H2. The number of ether oxygens (including phenoxy) is 1. The molecule has 3 rings (SSSR count). The fraction of sp³-hybridized carbons (Fsp3) is 0.250. The molecule has 0 saturated carbocycles. The minimum atomic E-state index is -3.63. The summed E-state index contributed by atoms with van der Waals surface area (Å²) in [4.78, 5) is 0.104. The van der Waals surface area contributed by atoms with E-state index < -0.39 is 10.0 Å². The molecule has 25 heavy (non-hydrogen) atoms. The topological polar surface area (TPSA) is 112 Å². The molecule has 8 nitrogen and oxygen atoms in total. The molecule has 0 radical (unpaired) electrons. The molecule has 1 aliphatic heterocycles. The summed E-state index contributed by atoms with van der Waals surface area (Å²) >= 11 is 0. The Hall–Kier alpha value is -2.49. The van der Waals surface area contributed by atoms with Crippen molar-refractivity contribution < 1.29 is 23.4 Å². The molecule has 132 valence electrons. The van der Waals surface area contributed by atoms with Gasteiger partial charge in [0.15, 0.2) is 5.69 Å². The van der Waals surface area contributed by atoms with Crippen LogP contribution in [-0.2, 0) is 14.8 Å². The predicted octanol–water partition coefficient (Wildman–Crippen LogP) is 2.53. The van der Waals surface area contributed by atoms with Gasteiger partial charge >= 0.3 is 0 Å². The summed E-state index contributed by atoms with van der Waals surface area (Å²) in [5, 5.41) is 27.1. The number of nitrogens with zero attached hydrogens (tertiary/aromatic N) is 3. The van der Waals surface area contributed by atoms with Crippen LogP contribution in [0.15, 0.2) is 57.6 Å². The first kappa shape index (κ1) is 17.3. The van der Waals surface area contributed by atoms with Crippen molar-refractivity contribution in [1.82, 2.24) is 4.31 Å². The van der Waals surface area contributed by atoms with Crippen LogP contribution in [0.2, 0.25) is 0 Å². The van der Waals surface area contributed by atoms with Gasteiger partial charge in [-0.2, -0.15) is 9.42 Å². The molecule has 1 fully saturated rings. The second-order valence-corrected chi connectivity index (χ2v) is 7.30. The molecule has 0 atom stereocenters. The summed E-state index contributed by atoms with van der Waals surface area (Å²) in [5.41, 5.74) is 0.209. The lowest BCUT2D eigenvalue weighted by Gasteiger charge is -2.26. The number of morpholine rings is 1. The first-order chi connectivity index (χ1) is 12.0. The van der Waals surface area contributed by atoms with E-state index in [1.807, 2.05) is 0 Å². The summed E-state index contributed by atoms with van der Waals surface area (Å²) in [6.45, 7) is 1.34. The molecule has 0 unspecified atom stereocenters. The van der Waals surface area contributed by atoms with Gasteiger partial charge in [-0.15, -0.1) is 5.11 Å². The van der Waals surface area contributed by atoms with Crippen LogP contribution in [0.25, 0.3) is 0 Å². The zero-order valence-corrected chi connectivity index (χ0v) is 14.1. The van der Waals surface area contributed by atoms with Crippen molar-refractivity contribution in [1.29, 1.82) is 0 Å². The zero-order chi connectivity index (χ0) is 17.9. The SMILES string of the molecule is O=S(=O)(c1cccc(N=Nc2c(O)cccc2O)c1)N1CCOCC1. The Bertz CT molecular complexity index is 872. The van der Waals surface area contributed by atoms with Gasteiger partial charge in [-0.25, -0.2) is 8.42 Å². The van der Waals surface area contributed by atoms with Gasteiger partial charge in [0.2, 0.25) is 10.0 Å². The molecule has 1 aliphatic rings. The Balaban J connectivity index is 1.88. The molecule has 1 saturated heterocycles. The molecule has 0 spiro atoms. The number of benzene rings is 2. The van der Waals surface area contributed by atoms with Crippen LogP contribution < -0.4 is 0 Å². The maximum Gasteiger partial charge on any atom is 0.243 e. The third-order valence-electron chi connectivity index (χ3n) is 3.68. The Morgan fingerprint density at radius 1 is 0.960 bits per heavy atom. The van der Waals surface area contributed by atoms with E-state index in [0.29, 0.717) is 26.3 Å². The normalized spacial score (nSPS) is 16.3. The van der Waals surface area contributed by atoms with Crippen molar-refractivity contribution in [3.63, 3.8) is 0 Å². The molecule has 2 N–H and O–H groups in total. The van der Waals surface area contributed by atoms with Gasteiger partial charge in [-0.1, -0.05) is 12.1 Å². The first-order valence-corrected chi connectivity index (χ1v) is 9.03. The van der Waals surface area contributed by atoms with Gasteiger partial charge in [-0.05, 0) is 30.3 Å². The number of hydrogen-bond acceptors (Lipinski definition) is 7. The van der Waals surface area contributed by atoms with E-state index in [1.165, 1.54) is 34.6 Å². The van der Waals surface area contributed by atoms with Gasteiger partial charge in [0.1, 0.15) is 11.5 Å². The summed E-state index contributed by atoms with van der Waals surface area (Å²) < 4.78 is 31.8. The number of rotatable bonds is 4. The third kappa shape index (κ3) is 3.78. The lowest BCUT2D eigenvalue weighted by molar-refractivity contribution is 0.0730. The van der Waals surface area contributed by atoms with E-state index >= 15 is 0 Å². The largest absolute Gasteiger partial charge is 0.505 e. The molecule has 0 bridgehead atoms. The summed E-state index contributed by atoms with van der Waals surface area (Å²) in [7, 11) is -3.63. The van der Waals surface area contributed by atoms with Crippen molar-refractivity contribution in [2.45, 2.75) is 4.90 Å². The monoisotopic (exact) mass is 363 g/mol. The average Bonchev–Trinajstić information content (AvgIpc) is 2.62. The van der Waals surface area contributed by atoms with Crippen LogP contribution in [-0.4, -0.2) is 49.2 Å². The van der Waals surface area contributed by atoms with E-state index in [2.05, 4.69) is 10.2 Å². The molecule has 1 heterocycles. The summed E-state index contributed by atoms with van der Waals surface area (Å²) in [6.07, 6.45) is 0. The van der Waals surface area contributed by atoms with Crippen molar-refractivity contribution in [2.75, 3.05) is 26.3 Å². The highest BCUT2D eigenvalue weighted by Gasteiger charge is 2.26. The van der Waals surface area contributed by atoms with Crippen LogP contribution in [0.4, 0.5) is 11.4 Å². The van der Waals surface area contributed by atoms with Gasteiger partial charge < -0.3 is 14.9 Å². The highest BCUT2D eigenvalue weighted by Crippen LogP contribution is 2.36. The summed E-state index contributed by atoms with van der Waals surface area (Å²) in [6, 6.07) is 10.2. The van der Waals surface area contributed by atoms with E-state index in [0.717, 1.165) is 0 Å². The number of phenols is 2. The number of azo groups is 1. The van der Waals surface area contributed by atoms with Crippen molar-refractivity contribution in [2.24, 2.45) is 10.2 Å². The van der Waals surface area contributed by atoms with E-state index in [-0.39, 0.29) is 27.8 Å². The highest BCUT2D eigenvalue weighted by atomic mass is 32.2. The number of phenolic OH excluding ortho intramolecular Hbond substituents is 2. The second-order valence-electron chi connectivity index (χ2n) is 5.36. The molecular weight excluding hydrogens is 346 g/mol. The lowest BCUT2D eigenvalue weighted by Crippen LogP contribution is -2.40. The highest BCUT2D eigenvalue weighted by molar-refractivity contribution is 7.89. The minimum absolute atomic E-state index is 0.0797. The average molecular weight is 363 g/mol. The third-order valence-corrected chi connectivity index (χ3v) is 5.58. The van der Waals surface area contributed by atoms with Crippen LogP contribution in [0.1, 0.15) is 0 Å². The smallest absolute Gasteiger partial charge is 0.243 e. The van der Waals surface area contributed by atoms with Crippen molar-refractivity contribution >= 4 is 21.4 Å². The van der Waals surface area contributed by atoms with E-state index in [4.69, 9.17) is 4.74 Å².